The molecule has 13 heavy (non-hydrogen) atoms. The minimum Gasteiger partial charge on any atom is -0.368 e. The van der Waals surface area contributed by atoms with Crippen LogP contribution in [0, 0.1) is 0 Å². The highest BCUT2D eigenvalue weighted by atomic mass is 16.2. The van der Waals surface area contributed by atoms with Gasteiger partial charge in [-0.25, -0.2) is 0 Å². The van der Waals surface area contributed by atoms with E-state index in [0.717, 1.165) is 6.29 Å². The van der Waals surface area contributed by atoms with Gasteiger partial charge in [0, 0.05) is 12.8 Å². The molecule has 0 bridgehead atoms. The van der Waals surface area contributed by atoms with E-state index in [4.69, 9.17) is 5.73 Å². The molecule has 0 aliphatic carbocycles. The molecule has 5 nitrogen and oxygen atoms in total. The van der Waals surface area contributed by atoms with Crippen LogP contribution in [0.25, 0.3) is 0 Å². The number of hydrogen-bond acceptors (Lipinski definition) is 3. The minimum atomic E-state index is -0.649. The van der Waals surface area contributed by atoms with Crippen molar-refractivity contribution in [2.24, 2.45) is 5.73 Å². The summed E-state index contributed by atoms with van der Waals surface area (Å²) in [6, 6.07) is -0.649. The number of primary amides is 1. The van der Waals surface area contributed by atoms with E-state index in [-0.39, 0.29) is 12.3 Å². The maximum atomic E-state index is 11.0. The largest absolute Gasteiger partial charge is 0.368 e. The first kappa shape index (κ1) is 11.6. The van der Waals surface area contributed by atoms with Crippen LogP contribution in [-0.4, -0.2) is 24.1 Å². The topological polar surface area (TPSA) is 89.3 Å². The van der Waals surface area contributed by atoms with E-state index < -0.39 is 11.9 Å². The van der Waals surface area contributed by atoms with Crippen molar-refractivity contribution in [2.75, 3.05) is 0 Å². The summed E-state index contributed by atoms with van der Waals surface area (Å²) in [6.45, 7) is 1.51. The van der Waals surface area contributed by atoms with Crippen LogP contribution in [0.3, 0.4) is 0 Å². The van der Waals surface area contributed by atoms with E-state index in [1.54, 1.807) is 0 Å². The van der Waals surface area contributed by atoms with E-state index in [2.05, 4.69) is 5.32 Å². The summed E-state index contributed by atoms with van der Waals surface area (Å²) in [5.74, 6) is -0.822. The lowest BCUT2D eigenvalue weighted by molar-refractivity contribution is -0.127. The fourth-order valence-corrected chi connectivity index (χ4v) is 0.731. The maximum absolute atomic E-state index is 11.0. The molecule has 0 saturated carbocycles. The monoisotopic (exact) mass is 186 g/mol. The Morgan fingerprint density at radius 2 is 2.15 bits per heavy atom. The van der Waals surface area contributed by atoms with Gasteiger partial charge in [0.05, 0.1) is 0 Å². The molecule has 0 saturated heterocycles. The van der Waals surface area contributed by atoms with Crippen molar-refractivity contribution in [1.29, 1.82) is 0 Å². The average molecular weight is 186 g/mol. The lowest BCUT2D eigenvalue weighted by Gasteiger charge is -2.08. The van der Waals surface area contributed by atoms with Gasteiger partial charge in [0.15, 0.2) is 0 Å². The van der Waals surface area contributed by atoms with Crippen LogP contribution < -0.4 is 11.1 Å². The second-order valence-corrected chi connectivity index (χ2v) is 2.75. The van der Waals surface area contributed by atoms with E-state index in [9.17, 15) is 14.4 Å². The summed E-state index contributed by atoms with van der Waals surface area (Å²) in [6.07, 6.45) is 1.86. The van der Waals surface area contributed by atoms with Gasteiger partial charge in [-0.05, 0) is 13.3 Å². The normalized spacial score (nSPS) is 11.8. The molecule has 0 aliphatic rings. The van der Waals surface area contributed by atoms with Crippen LogP contribution in [0.5, 0.6) is 0 Å². The predicted octanol–water partition coefficient (Wildman–Crippen LogP) is -0.654. The fraction of sp³-hybridized carbons (Fsp3) is 0.625. The Hall–Kier alpha value is -1.39. The van der Waals surface area contributed by atoms with Crippen molar-refractivity contribution >= 4 is 18.1 Å². The fourth-order valence-electron chi connectivity index (χ4n) is 0.731. The second-order valence-electron chi connectivity index (χ2n) is 2.75. The van der Waals surface area contributed by atoms with Crippen molar-refractivity contribution in [3.05, 3.63) is 0 Å². The highest BCUT2D eigenvalue weighted by Crippen LogP contribution is 1.93. The summed E-state index contributed by atoms with van der Waals surface area (Å²) >= 11 is 0. The van der Waals surface area contributed by atoms with Crippen LogP contribution in [0.15, 0.2) is 0 Å². The lowest BCUT2D eigenvalue weighted by Crippen LogP contribution is -2.42. The summed E-state index contributed by atoms with van der Waals surface area (Å²) in [5.41, 5.74) is 4.93. The Bertz CT molecular complexity index is 204. The molecule has 0 unspecified atom stereocenters. The molecule has 0 rings (SSSR count). The summed E-state index contributed by atoms with van der Waals surface area (Å²) in [4.78, 5) is 31.4. The number of carbonyl (C=O) groups excluding carboxylic acids is 3. The maximum Gasteiger partial charge on any atom is 0.239 e. The van der Waals surface area contributed by atoms with Gasteiger partial charge in [-0.2, -0.15) is 0 Å². The number of carbonyl (C=O) groups is 3. The first-order valence-corrected chi connectivity index (χ1v) is 4.10. The molecular formula is C8H14N2O3. The van der Waals surface area contributed by atoms with Gasteiger partial charge in [0.1, 0.15) is 12.3 Å². The van der Waals surface area contributed by atoms with E-state index in [1.807, 2.05) is 0 Å². The minimum absolute atomic E-state index is 0.246. The third kappa shape index (κ3) is 5.84. The lowest BCUT2D eigenvalue weighted by atomic mass is 10.2. The molecule has 0 spiro atoms. The Kier molecular flexibility index (Phi) is 5.50. The summed E-state index contributed by atoms with van der Waals surface area (Å²) in [7, 11) is 0. The van der Waals surface area contributed by atoms with Crippen LogP contribution in [0.1, 0.15) is 26.2 Å². The van der Waals surface area contributed by atoms with Crippen molar-refractivity contribution in [3.8, 4) is 0 Å². The van der Waals surface area contributed by atoms with Crippen LogP contribution in [0.4, 0.5) is 0 Å². The second kappa shape index (κ2) is 6.16. The van der Waals surface area contributed by atoms with E-state index in [1.165, 1.54) is 6.92 Å². The zero-order valence-electron chi connectivity index (χ0n) is 7.58. The Labute approximate surface area is 76.7 Å². The standard InChI is InChI=1S/C8H14N2O3/c1-6(8(9)13)10-7(12)4-2-3-5-11/h5-6H,2-4H2,1H3,(H2,9,13)(H,10,12)/t6-/m0/s1. The summed E-state index contributed by atoms with van der Waals surface area (Å²) in [5, 5.41) is 2.41. The third-order valence-electron chi connectivity index (χ3n) is 1.53. The molecule has 74 valence electrons. The highest BCUT2D eigenvalue weighted by Gasteiger charge is 2.10. The van der Waals surface area contributed by atoms with Crippen molar-refractivity contribution in [2.45, 2.75) is 32.2 Å². The van der Waals surface area contributed by atoms with Gasteiger partial charge in [-0.3, -0.25) is 9.59 Å². The first-order chi connectivity index (χ1) is 6.07. The number of amides is 2. The molecular weight excluding hydrogens is 172 g/mol. The molecule has 0 aliphatic heterocycles. The summed E-state index contributed by atoms with van der Waals surface area (Å²) < 4.78 is 0. The van der Waals surface area contributed by atoms with Gasteiger partial charge in [-0.1, -0.05) is 0 Å². The number of rotatable bonds is 6. The van der Waals surface area contributed by atoms with Crippen molar-refractivity contribution < 1.29 is 14.4 Å². The molecule has 1 atom stereocenters. The van der Waals surface area contributed by atoms with Crippen molar-refractivity contribution in [1.82, 2.24) is 5.32 Å². The molecule has 0 aromatic heterocycles. The third-order valence-corrected chi connectivity index (χ3v) is 1.53. The molecule has 0 fully saturated rings. The predicted molar refractivity (Wildman–Crippen MR) is 46.7 cm³/mol. The van der Waals surface area contributed by atoms with Gasteiger partial charge in [0.25, 0.3) is 0 Å². The molecule has 5 heteroatoms. The number of nitrogens with one attached hydrogen (secondary N) is 1. The molecule has 0 heterocycles. The van der Waals surface area contributed by atoms with Crippen LogP contribution in [-0.2, 0) is 14.4 Å². The van der Waals surface area contributed by atoms with Crippen LogP contribution in [0.2, 0.25) is 0 Å². The Morgan fingerprint density at radius 3 is 2.62 bits per heavy atom. The number of hydrogen-bond donors (Lipinski definition) is 2. The molecule has 2 amide bonds. The first-order valence-electron chi connectivity index (χ1n) is 4.10. The smallest absolute Gasteiger partial charge is 0.239 e. The van der Waals surface area contributed by atoms with E-state index in [0.29, 0.717) is 12.8 Å². The molecule has 0 aromatic rings. The van der Waals surface area contributed by atoms with Gasteiger partial charge < -0.3 is 15.8 Å². The quantitative estimate of drug-likeness (QED) is 0.426. The zero-order valence-corrected chi connectivity index (χ0v) is 7.58. The van der Waals surface area contributed by atoms with Gasteiger partial charge >= 0.3 is 0 Å². The number of aldehydes is 1. The SMILES string of the molecule is C[C@H](NC(=O)CCCC=O)C(N)=O. The Balaban J connectivity index is 3.61. The van der Waals surface area contributed by atoms with Gasteiger partial charge in [-0.15, -0.1) is 0 Å². The number of unbranched alkanes of at least 4 members (excludes halogenated alkanes) is 1. The molecule has 0 aromatic carbocycles. The average Bonchev–Trinajstić information content (AvgIpc) is 2.04. The Morgan fingerprint density at radius 1 is 1.54 bits per heavy atom. The molecule has 0 radical (unpaired) electrons. The van der Waals surface area contributed by atoms with E-state index >= 15 is 0 Å². The van der Waals surface area contributed by atoms with Crippen molar-refractivity contribution in [3.63, 3.8) is 0 Å². The zero-order chi connectivity index (χ0) is 10.3. The highest BCUT2D eigenvalue weighted by molar-refractivity contribution is 5.86. The van der Waals surface area contributed by atoms with Crippen LogP contribution >= 0.6 is 0 Å². The number of nitrogens with two attached hydrogens (primary N) is 1. The molecule has 3 N–H and O–H groups in total. The van der Waals surface area contributed by atoms with Gasteiger partial charge in [0.2, 0.25) is 11.8 Å².